The zero-order chi connectivity index (χ0) is 22.5. The molecule has 3 unspecified atom stereocenters. The van der Waals surface area contributed by atoms with Crippen LogP contribution >= 0.6 is 0 Å². The molecule has 10 nitrogen and oxygen atoms in total. The average molecular weight is 452 g/mol. The maximum absolute atomic E-state index is 12.7. The Kier molecular flexibility index (Phi) is 5.08. The molecule has 4 N–H and O–H groups in total. The van der Waals surface area contributed by atoms with Crippen molar-refractivity contribution in [2.75, 3.05) is 51.2 Å². The fourth-order valence-electron chi connectivity index (χ4n) is 5.36. The molecule has 1 aromatic carbocycles. The molecule has 174 valence electrons. The van der Waals surface area contributed by atoms with Gasteiger partial charge in [0.25, 0.3) is 0 Å². The third-order valence-electron chi connectivity index (χ3n) is 7.46. The van der Waals surface area contributed by atoms with Crippen LogP contribution in [0.15, 0.2) is 35.3 Å². The number of hydrogen-bond donors (Lipinski definition) is 3. The lowest BCUT2D eigenvalue weighted by molar-refractivity contribution is 0.129. The molecule has 2 amide bonds. The maximum atomic E-state index is 12.7. The molecule has 0 spiro atoms. The Bertz CT molecular complexity index is 1120. The van der Waals surface area contributed by atoms with Gasteiger partial charge in [-0.25, -0.2) is 9.59 Å². The molecule has 3 aliphatic heterocycles. The molecule has 1 aliphatic carbocycles. The lowest BCUT2D eigenvalue weighted by Gasteiger charge is -2.33. The summed E-state index contributed by atoms with van der Waals surface area (Å²) >= 11 is 0. The van der Waals surface area contributed by atoms with Gasteiger partial charge in [0, 0.05) is 63.6 Å². The van der Waals surface area contributed by atoms with E-state index in [1.807, 2.05) is 18.2 Å². The van der Waals surface area contributed by atoms with E-state index in [2.05, 4.69) is 20.5 Å². The first kappa shape index (κ1) is 20.6. The number of fused-ring (bicyclic) bond motifs is 2. The highest BCUT2D eigenvalue weighted by Crippen LogP contribution is 2.45. The van der Waals surface area contributed by atoms with Gasteiger partial charge in [0.2, 0.25) is 0 Å². The van der Waals surface area contributed by atoms with Crippen LogP contribution in [-0.2, 0) is 6.42 Å². The van der Waals surface area contributed by atoms with E-state index >= 15 is 0 Å². The molecule has 0 radical (unpaired) electrons. The molecule has 2 saturated heterocycles. The van der Waals surface area contributed by atoms with E-state index in [0.717, 1.165) is 43.9 Å². The molecular weight excluding hydrogens is 422 g/mol. The number of amides is 2. The Labute approximate surface area is 191 Å². The summed E-state index contributed by atoms with van der Waals surface area (Å²) in [4.78, 5) is 33.3. The van der Waals surface area contributed by atoms with Crippen LogP contribution in [-0.4, -0.2) is 83.3 Å². The molecule has 0 bridgehead atoms. The second kappa shape index (κ2) is 8.12. The van der Waals surface area contributed by atoms with Gasteiger partial charge in [-0.3, -0.25) is 14.8 Å². The van der Waals surface area contributed by atoms with Crippen molar-refractivity contribution >= 4 is 11.8 Å². The number of hydrogen-bond acceptors (Lipinski definition) is 7. The number of carbonyl (C=O) groups excluding carboxylic acids is 1. The van der Waals surface area contributed by atoms with Crippen molar-refractivity contribution in [2.45, 2.75) is 18.5 Å². The van der Waals surface area contributed by atoms with Crippen molar-refractivity contribution < 1.29 is 9.53 Å². The molecule has 1 aromatic heterocycles. The summed E-state index contributed by atoms with van der Waals surface area (Å²) in [5.74, 6) is 2.39. The molecular formula is C23H29N7O3. The quantitative estimate of drug-likeness (QED) is 0.595. The van der Waals surface area contributed by atoms with Gasteiger partial charge < -0.3 is 20.7 Å². The zero-order valence-corrected chi connectivity index (χ0v) is 18.4. The summed E-state index contributed by atoms with van der Waals surface area (Å²) in [5.41, 5.74) is 7.47. The number of urea groups is 1. The SMILES string of the molecule is NC1C2CN(C3COc4cc(-n5ccc(NC(=O)N6CCNCC6)nc5=O)ccc4C3)CC12. The second-order valence-corrected chi connectivity index (χ2v) is 9.45. The Morgan fingerprint density at radius 1 is 1.18 bits per heavy atom. The molecule has 1 saturated carbocycles. The molecule has 3 atom stereocenters. The van der Waals surface area contributed by atoms with E-state index in [9.17, 15) is 9.59 Å². The monoisotopic (exact) mass is 451 g/mol. The largest absolute Gasteiger partial charge is 0.492 e. The van der Waals surface area contributed by atoms with Crippen molar-refractivity contribution in [3.05, 3.63) is 46.5 Å². The fraction of sp³-hybridized carbons (Fsp3) is 0.522. The number of anilines is 1. The van der Waals surface area contributed by atoms with E-state index in [4.69, 9.17) is 10.5 Å². The lowest BCUT2D eigenvalue weighted by Crippen LogP contribution is -2.48. The van der Waals surface area contributed by atoms with E-state index in [0.29, 0.717) is 49.3 Å². The number of piperazine rings is 1. The molecule has 4 heterocycles. The van der Waals surface area contributed by atoms with Crippen LogP contribution in [0.2, 0.25) is 0 Å². The van der Waals surface area contributed by atoms with Gasteiger partial charge >= 0.3 is 11.7 Å². The fourth-order valence-corrected chi connectivity index (χ4v) is 5.36. The van der Waals surface area contributed by atoms with Gasteiger partial charge in [0.05, 0.1) is 5.69 Å². The number of nitrogens with zero attached hydrogens (tertiary/aromatic N) is 4. The first-order valence-corrected chi connectivity index (χ1v) is 11.7. The highest BCUT2D eigenvalue weighted by molar-refractivity contribution is 5.88. The normalized spacial score (nSPS) is 28.6. The molecule has 10 heteroatoms. The van der Waals surface area contributed by atoms with Crippen LogP contribution in [0, 0.1) is 11.8 Å². The van der Waals surface area contributed by atoms with Crippen molar-refractivity contribution in [1.82, 2.24) is 24.7 Å². The van der Waals surface area contributed by atoms with Crippen molar-refractivity contribution in [2.24, 2.45) is 17.6 Å². The van der Waals surface area contributed by atoms with Crippen LogP contribution in [0.1, 0.15) is 5.56 Å². The van der Waals surface area contributed by atoms with E-state index in [-0.39, 0.29) is 11.8 Å². The minimum absolute atomic E-state index is 0.241. The van der Waals surface area contributed by atoms with Gasteiger partial charge in [0.15, 0.2) is 0 Å². The van der Waals surface area contributed by atoms with Crippen LogP contribution in [0.3, 0.4) is 0 Å². The van der Waals surface area contributed by atoms with E-state index in [1.165, 1.54) is 4.57 Å². The Morgan fingerprint density at radius 3 is 2.73 bits per heavy atom. The summed E-state index contributed by atoms with van der Waals surface area (Å²) in [7, 11) is 0. The second-order valence-electron chi connectivity index (χ2n) is 9.45. The van der Waals surface area contributed by atoms with Crippen LogP contribution in [0.4, 0.5) is 10.6 Å². The summed E-state index contributed by atoms with van der Waals surface area (Å²) in [5, 5.41) is 5.92. The average Bonchev–Trinajstić information content (AvgIpc) is 3.23. The van der Waals surface area contributed by atoms with Crippen LogP contribution in [0.5, 0.6) is 5.75 Å². The van der Waals surface area contributed by atoms with E-state index < -0.39 is 5.69 Å². The van der Waals surface area contributed by atoms with Gasteiger partial charge in [-0.1, -0.05) is 6.07 Å². The predicted octanol–water partition coefficient (Wildman–Crippen LogP) is -0.138. The molecule has 6 rings (SSSR count). The topological polar surface area (TPSA) is 118 Å². The Morgan fingerprint density at radius 2 is 1.97 bits per heavy atom. The number of piperidine rings is 1. The number of benzene rings is 1. The highest BCUT2D eigenvalue weighted by Gasteiger charge is 2.54. The summed E-state index contributed by atoms with van der Waals surface area (Å²) in [6, 6.07) is 8.03. The first-order chi connectivity index (χ1) is 16.1. The summed E-state index contributed by atoms with van der Waals surface area (Å²) in [6.07, 6.45) is 2.57. The number of likely N-dealkylation sites (tertiary alicyclic amines) is 1. The zero-order valence-electron chi connectivity index (χ0n) is 18.4. The van der Waals surface area contributed by atoms with Crippen molar-refractivity contribution in [1.29, 1.82) is 0 Å². The maximum Gasteiger partial charge on any atom is 0.354 e. The van der Waals surface area contributed by atoms with Crippen LogP contribution in [0.25, 0.3) is 5.69 Å². The Balaban J connectivity index is 1.13. The minimum atomic E-state index is -0.450. The van der Waals surface area contributed by atoms with Crippen molar-refractivity contribution in [3.63, 3.8) is 0 Å². The van der Waals surface area contributed by atoms with Gasteiger partial charge in [-0.15, -0.1) is 0 Å². The smallest absolute Gasteiger partial charge is 0.354 e. The number of carbonyl (C=O) groups is 1. The lowest BCUT2D eigenvalue weighted by atomic mass is 10.0. The summed E-state index contributed by atoms with van der Waals surface area (Å²) in [6.45, 7) is 5.58. The van der Waals surface area contributed by atoms with Gasteiger partial charge in [-0.05, 0) is 36.0 Å². The number of aromatic nitrogens is 2. The minimum Gasteiger partial charge on any atom is -0.492 e. The first-order valence-electron chi connectivity index (χ1n) is 11.7. The van der Waals surface area contributed by atoms with Crippen LogP contribution < -0.4 is 26.8 Å². The number of ether oxygens (including phenoxy) is 1. The third-order valence-corrected chi connectivity index (χ3v) is 7.46. The van der Waals surface area contributed by atoms with Gasteiger partial charge in [-0.2, -0.15) is 4.98 Å². The molecule has 3 fully saturated rings. The third kappa shape index (κ3) is 3.88. The molecule has 2 aromatic rings. The molecule has 4 aliphatic rings. The Hall–Kier alpha value is -2.95. The van der Waals surface area contributed by atoms with E-state index in [1.54, 1.807) is 17.2 Å². The summed E-state index contributed by atoms with van der Waals surface area (Å²) < 4.78 is 7.56. The predicted molar refractivity (Wildman–Crippen MR) is 123 cm³/mol. The molecule has 33 heavy (non-hydrogen) atoms. The standard InChI is InChI=1S/C23H29N7O3/c24-21-17-11-29(12-18(17)21)16-9-14-1-2-15(10-19(14)33-13-16)30-6-3-20(27-23(30)32)26-22(31)28-7-4-25-5-8-28/h1-3,6,10,16-18,21,25H,4-5,7-9,11-13,24H2,(H,26,27,31,32). The highest BCUT2D eigenvalue weighted by atomic mass is 16.5. The van der Waals surface area contributed by atoms with Crippen molar-refractivity contribution in [3.8, 4) is 11.4 Å². The van der Waals surface area contributed by atoms with Gasteiger partial charge in [0.1, 0.15) is 18.2 Å². The number of nitrogens with two attached hydrogens (primary N) is 1. The number of rotatable bonds is 3. The number of nitrogens with one attached hydrogen (secondary N) is 2.